The van der Waals surface area contributed by atoms with E-state index >= 15 is 0 Å². The summed E-state index contributed by atoms with van der Waals surface area (Å²) in [4.78, 5) is 0. The molecular weight excluding hydrogens is 466 g/mol. The van der Waals surface area contributed by atoms with Crippen LogP contribution < -0.4 is 0 Å². The van der Waals surface area contributed by atoms with Gasteiger partial charge in [-0.3, -0.25) is 0 Å². The lowest BCUT2D eigenvalue weighted by Gasteiger charge is -2.41. The van der Waals surface area contributed by atoms with Crippen molar-refractivity contribution in [3.05, 3.63) is 24.3 Å². The summed E-state index contributed by atoms with van der Waals surface area (Å²) in [5, 5.41) is 0. The van der Waals surface area contributed by atoms with Crippen LogP contribution in [0.25, 0.3) is 0 Å². The van der Waals surface area contributed by atoms with Crippen LogP contribution in [0.5, 0.6) is 0 Å². The fourth-order valence-corrected chi connectivity index (χ4v) is 8.13. The van der Waals surface area contributed by atoms with E-state index in [0.717, 1.165) is 49.4 Å². The van der Waals surface area contributed by atoms with Gasteiger partial charge in [-0.15, -0.1) is 0 Å². The predicted octanol–water partition coefficient (Wildman–Crippen LogP) is 10.1. The molecule has 1 heterocycles. The molecule has 0 radical (unpaired) electrons. The van der Waals surface area contributed by atoms with Crippen molar-refractivity contribution in [2.24, 2.45) is 41.4 Å². The van der Waals surface area contributed by atoms with Crippen molar-refractivity contribution in [2.45, 2.75) is 129 Å². The van der Waals surface area contributed by atoms with E-state index in [2.05, 4.69) is 19.1 Å². The van der Waals surface area contributed by atoms with Crippen LogP contribution in [-0.4, -0.2) is 19.5 Å². The molecule has 4 rings (SSSR count). The average Bonchev–Trinajstić information content (AvgIpc) is 2.93. The highest BCUT2D eigenvalue weighted by Gasteiger charge is 2.35. The lowest BCUT2D eigenvalue weighted by atomic mass is 9.68. The third-order valence-corrected chi connectivity index (χ3v) is 10.5. The fourth-order valence-electron chi connectivity index (χ4n) is 8.13. The standard InChI is InChI=1S/C33H54F2O2/c1-2-6-28-23-36-33(37-24-28)31-21-19-30(20-22-31)29-17-15-26(16-18-29)8-4-3-7-25-11-13-27(14-12-25)9-5-10-32(34)35/h2,6,10,25-31,33H,3-5,7-9,11-24H2,1H3/b6-2+. The molecule has 1 saturated heterocycles. The van der Waals surface area contributed by atoms with E-state index in [-0.39, 0.29) is 6.29 Å². The maximum absolute atomic E-state index is 12.2. The predicted molar refractivity (Wildman–Crippen MR) is 148 cm³/mol. The average molecular weight is 521 g/mol. The van der Waals surface area contributed by atoms with Crippen molar-refractivity contribution in [1.82, 2.24) is 0 Å². The molecule has 0 unspecified atom stereocenters. The van der Waals surface area contributed by atoms with E-state index < -0.39 is 6.08 Å². The van der Waals surface area contributed by atoms with Crippen LogP contribution in [0.1, 0.15) is 122 Å². The van der Waals surface area contributed by atoms with Gasteiger partial charge in [-0.25, -0.2) is 0 Å². The molecule has 0 amide bonds. The highest BCUT2D eigenvalue weighted by Crippen LogP contribution is 2.44. The number of hydrogen-bond acceptors (Lipinski definition) is 2. The molecule has 0 aromatic carbocycles. The fraction of sp³-hybridized carbons (Fsp3) is 0.879. The Hall–Kier alpha value is -0.740. The van der Waals surface area contributed by atoms with Crippen LogP contribution in [0.3, 0.4) is 0 Å². The van der Waals surface area contributed by atoms with Crippen molar-refractivity contribution < 1.29 is 18.3 Å². The van der Waals surface area contributed by atoms with Gasteiger partial charge >= 0.3 is 0 Å². The molecule has 0 spiro atoms. The number of rotatable bonds is 11. The van der Waals surface area contributed by atoms with Crippen molar-refractivity contribution in [1.29, 1.82) is 0 Å². The SMILES string of the molecule is C/C=C/C1COC(C2CCC(C3CCC(CCCCC4CCC(CCC=C(F)F)CC4)CC3)CC2)OC1. The Kier molecular flexibility index (Phi) is 12.5. The monoisotopic (exact) mass is 520 g/mol. The molecule has 4 fully saturated rings. The second-order valence-electron chi connectivity index (χ2n) is 13.0. The summed E-state index contributed by atoms with van der Waals surface area (Å²) >= 11 is 0. The molecule has 0 aromatic heterocycles. The Morgan fingerprint density at radius 1 is 0.649 bits per heavy atom. The van der Waals surface area contributed by atoms with Crippen LogP contribution >= 0.6 is 0 Å². The first-order valence-corrected chi connectivity index (χ1v) is 16.0. The van der Waals surface area contributed by atoms with Crippen molar-refractivity contribution >= 4 is 0 Å². The number of ether oxygens (including phenoxy) is 2. The zero-order chi connectivity index (χ0) is 25.9. The van der Waals surface area contributed by atoms with Gasteiger partial charge in [0, 0.05) is 11.8 Å². The minimum absolute atomic E-state index is 0.0454. The maximum atomic E-state index is 12.2. The van der Waals surface area contributed by atoms with Gasteiger partial charge in [0.1, 0.15) is 0 Å². The van der Waals surface area contributed by atoms with E-state index in [1.165, 1.54) is 103 Å². The van der Waals surface area contributed by atoms with Crippen LogP contribution in [0.4, 0.5) is 8.78 Å². The normalized spacial score (nSPS) is 37.5. The largest absolute Gasteiger partial charge is 0.352 e. The summed E-state index contributed by atoms with van der Waals surface area (Å²) < 4.78 is 36.6. The summed E-state index contributed by atoms with van der Waals surface area (Å²) in [5.74, 6) is 5.51. The smallest absolute Gasteiger partial charge is 0.266 e. The Morgan fingerprint density at radius 3 is 1.62 bits per heavy atom. The second-order valence-corrected chi connectivity index (χ2v) is 13.0. The highest BCUT2D eigenvalue weighted by atomic mass is 19.3. The first-order valence-electron chi connectivity index (χ1n) is 16.0. The third-order valence-electron chi connectivity index (χ3n) is 10.5. The van der Waals surface area contributed by atoms with Crippen LogP contribution in [0.15, 0.2) is 24.3 Å². The molecule has 3 aliphatic carbocycles. The van der Waals surface area contributed by atoms with Gasteiger partial charge in [-0.05, 0) is 94.0 Å². The highest BCUT2D eigenvalue weighted by molar-refractivity contribution is 4.89. The zero-order valence-corrected chi connectivity index (χ0v) is 23.6. The Bertz CT molecular complexity index is 670. The second kappa shape index (κ2) is 15.8. The van der Waals surface area contributed by atoms with E-state index in [1.54, 1.807) is 0 Å². The van der Waals surface area contributed by atoms with E-state index in [0.29, 0.717) is 24.2 Å². The Morgan fingerprint density at radius 2 is 1.11 bits per heavy atom. The van der Waals surface area contributed by atoms with Gasteiger partial charge in [-0.1, -0.05) is 76.4 Å². The molecule has 37 heavy (non-hydrogen) atoms. The van der Waals surface area contributed by atoms with Crippen molar-refractivity contribution in [3.63, 3.8) is 0 Å². The topological polar surface area (TPSA) is 18.5 Å². The molecule has 0 aromatic rings. The third kappa shape index (κ3) is 9.75. The molecule has 0 bridgehead atoms. The van der Waals surface area contributed by atoms with Crippen molar-refractivity contribution in [2.75, 3.05) is 13.2 Å². The zero-order valence-electron chi connectivity index (χ0n) is 23.6. The lowest BCUT2D eigenvalue weighted by molar-refractivity contribution is -0.223. The van der Waals surface area contributed by atoms with Gasteiger partial charge < -0.3 is 9.47 Å². The molecule has 4 heteroatoms. The molecule has 3 saturated carbocycles. The first-order chi connectivity index (χ1) is 18.1. The summed E-state index contributed by atoms with van der Waals surface area (Å²) in [6.07, 6.45) is 27.5. The minimum atomic E-state index is -1.51. The summed E-state index contributed by atoms with van der Waals surface area (Å²) in [6.45, 7) is 3.72. The van der Waals surface area contributed by atoms with Gasteiger partial charge in [0.05, 0.1) is 13.2 Å². The van der Waals surface area contributed by atoms with Crippen LogP contribution in [0, 0.1) is 41.4 Å². The van der Waals surface area contributed by atoms with E-state index in [9.17, 15) is 8.78 Å². The number of allylic oxidation sites excluding steroid dienone is 2. The molecule has 1 aliphatic heterocycles. The van der Waals surface area contributed by atoms with E-state index in [1.807, 2.05) is 0 Å². The molecular formula is C33H54F2O2. The van der Waals surface area contributed by atoms with Gasteiger partial charge in [0.15, 0.2) is 6.29 Å². The molecule has 212 valence electrons. The number of hydrogen-bond donors (Lipinski definition) is 0. The van der Waals surface area contributed by atoms with Gasteiger partial charge in [-0.2, -0.15) is 8.78 Å². The Labute approximate surface area is 226 Å². The quantitative estimate of drug-likeness (QED) is 0.199. The first kappa shape index (κ1) is 29.2. The van der Waals surface area contributed by atoms with Crippen molar-refractivity contribution in [3.8, 4) is 0 Å². The van der Waals surface area contributed by atoms with Crippen LogP contribution in [-0.2, 0) is 9.47 Å². The summed E-state index contributed by atoms with van der Waals surface area (Å²) in [7, 11) is 0. The molecule has 4 aliphatic rings. The van der Waals surface area contributed by atoms with Gasteiger partial charge in [0.2, 0.25) is 0 Å². The molecule has 0 atom stereocenters. The van der Waals surface area contributed by atoms with E-state index in [4.69, 9.17) is 9.47 Å². The Balaban J connectivity index is 1.01. The molecule has 0 N–H and O–H groups in total. The minimum Gasteiger partial charge on any atom is -0.352 e. The summed E-state index contributed by atoms with van der Waals surface area (Å²) in [5.41, 5.74) is 0. The lowest BCUT2D eigenvalue weighted by Crippen LogP contribution is -2.38. The number of unbranched alkanes of at least 4 members (excludes halogenated alkanes) is 1. The van der Waals surface area contributed by atoms with Crippen LogP contribution in [0.2, 0.25) is 0 Å². The van der Waals surface area contributed by atoms with Gasteiger partial charge in [0.25, 0.3) is 6.08 Å². The number of halogens is 2. The maximum Gasteiger partial charge on any atom is 0.266 e. The summed E-state index contributed by atoms with van der Waals surface area (Å²) in [6, 6.07) is 0. The molecule has 2 nitrogen and oxygen atoms in total.